The van der Waals surface area contributed by atoms with E-state index in [4.69, 9.17) is 5.21 Å². The highest BCUT2D eigenvalue weighted by Gasteiger charge is 2.10. The van der Waals surface area contributed by atoms with Crippen LogP contribution in [-0.2, 0) is 18.0 Å². The molecule has 0 amide bonds. The molecule has 0 saturated heterocycles. The molecular weight excluding hydrogens is 224 g/mol. The Bertz CT molecular complexity index is 494. The normalized spacial score (nSPS) is 12.0. The molecule has 1 atom stereocenters. The van der Waals surface area contributed by atoms with Gasteiger partial charge < -0.3 is 9.77 Å². The van der Waals surface area contributed by atoms with Crippen LogP contribution in [0.5, 0.6) is 0 Å². The molecule has 0 aliphatic rings. The first kappa shape index (κ1) is 12.9. The van der Waals surface area contributed by atoms with Gasteiger partial charge in [0.1, 0.15) is 0 Å². The van der Waals surface area contributed by atoms with Gasteiger partial charge in [-0.3, -0.25) is 0 Å². The lowest BCUT2D eigenvalue weighted by Crippen LogP contribution is -2.10. The van der Waals surface area contributed by atoms with Crippen molar-refractivity contribution in [3.8, 4) is 0 Å². The number of hydrogen-bond donors (Lipinski definition) is 2. The Morgan fingerprint density at radius 3 is 2.56 bits per heavy atom. The third-order valence-electron chi connectivity index (χ3n) is 2.14. The van der Waals surface area contributed by atoms with Crippen molar-refractivity contribution < 1.29 is 9.42 Å². The van der Waals surface area contributed by atoms with Gasteiger partial charge in [0.2, 0.25) is 0 Å². The molecule has 0 aliphatic heterocycles. The summed E-state index contributed by atoms with van der Waals surface area (Å²) >= 11 is 0. The SMILES string of the molecule is CC.Cn1cc(S(=O)NO)c2ccccc21. The van der Waals surface area contributed by atoms with Gasteiger partial charge in [0.25, 0.3) is 0 Å². The zero-order valence-corrected chi connectivity index (χ0v) is 10.4. The number of rotatable bonds is 2. The summed E-state index contributed by atoms with van der Waals surface area (Å²) in [6, 6.07) is 7.61. The molecule has 0 fully saturated rings. The van der Waals surface area contributed by atoms with E-state index in [9.17, 15) is 4.21 Å². The fourth-order valence-corrected chi connectivity index (χ4v) is 2.23. The summed E-state index contributed by atoms with van der Waals surface area (Å²) in [6.07, 6.45) is 1.74. The first-order chi connectivity index (χ1) is 7.74. The van der Waals surface area contributed by atoms with Crippen molar-refractivity contribution >= 4 is 21.9 Å². The lowest BCUT2D eigenvalue weighted by Gasteiger charge is -1.95. The molecule has 5 heteroatoms. The quantitative estimate of drug-likeness (QED) is 0.791. The zero-order chi connectivity index (χ0) is 12.1. The minimum Gasteiger partial charge on any atom is -0.349 e. The fourth-order valence-electron chi connectivity index (χ4n) is 1.50. The van der Waals surface area contributed by atoms with E-state index in [-0.39, 0.29) is 0 Å². The minimum absolute atomic E-state index is 0.589. The highest BCUT2D eigenvalue weighted by Crippen LogP contribution is 2.22. The molecule has 88 valence electrons. The largest absolute Gasteiger partial charge is 0.349 e. The fraction of sp³-hybridized carbons (Fsp3) is 0.273. The molecule has 1 aromatic heterocycles. The van der Waals surface area contributed by atoms with Crippen LogP contribution in [0.1, 0.15) is 13.8 Å². The minimum atomic E-state index is -1.56. The molecule has 4 nitrogen and oxygen atoms in total. The molecule has 0 bridgehead atoms. The number of para-hydroxylation sites is 1. The second-order valence-corrected chi connectivity index (χ2v) is 4.14. The second kappa shape index (κ2) is 5.79. The average Bonchev–Trinajstić information content (AvgIpc) is 2.69. The van der Waals surface area contributed by atoms with E-state index in [0.717, 1.165) is 10.9 Å². The summed E-state index contributed by atoms with van der Waals surface area (Å²) in [5, 5.41) is 9.48. The van der Waals surface area contributed by atoms with E-state index < -0.39 is 11.0 Å². The van der Waals surface area contributed by atoms with E-state index >= 15 is 0 Å². The molecule has 1 aromatic carbocycles. The molecule has 1 heterocycles. The van der Waals surface area contributed by atoms with Crippen molar-refractivity contribution in [3.05, 3.63) is 30.5 Å². The Labute approximate surface area is 97.4 Å². The number of aromatic nitrogens is 1. The first-order valence-electron chi connectivity index (χ1n) is 5.09. The summed E-state index contributed by atoms with van der Waals surface area (Å²) in [4.78, 5) is 2.33. The van der Waals surface area contributed by atoms with Gasteiger partial charge in [-0.25, -0.2) is 4.21 Å². The Morgan fingerprint density at radius 2 is 1.94 bits per heavy atom. The molecule has 2 aromatic rings. The maximum absolute atomic E-state index is 11.4. The Balaban J connectivity index is 0.000000606. The van der Waals surface area contributed by atoms with Crippen molar-refractivity contribution in [3.63, 3.8) is 0 Å². The molecule has 0 radical (unpaired) electrons. The van der Waals surface area contributed by atoms with E-state index in [0.29, 0.717) is 4.90 Å². The number of benzene rings is 1. The van der Waals surface area contributed by atoms with Gasteiger partial charge in [-0.15, -0.1) is 4.89 Å². The van der Waals surface area contributed by atoms with Crippen LogP contribution in [0.4, 0.5) is 0 Å². The summed E-state index contributed by atoms with van der Waals surface area (Å²) in [7, 11) is 0.316. The van der Waals surface area contributed by atoms with Crippen LogP contribution in [-0.4, -0.2) is 14.0 Å². The second-order valence-electron chi connectivity index (χ2n) is 2.98. The van der Waals surface area contributed by atoms with Crippen LogP contribution in [0.2, 0.25) is 0 Å². The van der Waals surface area contributed by atoms with Gasteiger partial charge in [-0.05, 0) is 6.07 Å². The van der Waals surface area contributed by atoms with Crippen molar-refractivity contribution in [2.75, 3.05) is 0 Å². The van der Waals surface area contributed by atoms with Gasteiger partial charge in [0.05, 0.1) is 4.90 Å². The number of nitrogens with one attached hydrogen (secondary N) is 1. The monoisotopic (exact) mass is 240 g/mol. The standard InChI is InChI=1S/C9H10N2O2S.C2H6/c1-11-6-9(14(13)10-12)7-4-2-3-5-8(7)11;1-2/h2-6,10,12H,1H3;1-2H3. The molecule has 0 saturated carbocycles. The molecular formula is C11H16N2O2S. The van der Waals surface area contributed by atoms with Crippen LogP contribution in [0.3, 0.4) is 0 Å². The summed E-state index contributed by atoms with van der Waals surface area (Å²) < 4.78 is 13.3. The maximum atomic E-state index is 11.4. The smallest absolute Gasteiger partial charge is 0.150 e. The van der Waals surface area contributed by atoms with Crippen LogP contribution < -0.4 is 4.89 Å². The molecule has 0 spiro atoms. The summed E-state index contributed by atoms with van der Waals surface area (Å²) in [5.74, 6) is 0. The van der Waals surface area contributed by atoms with E-state index in [1.54, 1.807) is 11.1 Å². The van der Waals surface area contributed by atoms with Gasteiger partial charge in [-0.1, -0.05) is 32.0 Å². The van der Waals surface area contributed by atoms with Crippen molar-refractivity contribution in [2.24, 2.45) is 7.05 Å². The predicted octanol–water partition coefficient (Wildman–Crippen LogP) is 2.21. The summed E-state index contributed by atoms with van der Waals surface area (Å²) in [6.45, 7) is 4.00. The molecule has 2 N–H and O–H groups in total. The number of fused-ring (bicyclic) bond motifs is 1. The molecule has 0 aliphatic carbocycles. The molecule has 16 heavy (non-hydrogen) atoms. The zero-order valence-electron chi connectivity index (χ0n) is 9.60. The van der Waals surface area contributed by atoms with Crippen molar-refractivity contribution in [1.82, 2.24) is 9.45 Å². The van der Waals surface area contributed by atoms with Crippen LogP contribution in [0, 0.1) is 0 Å². The number of hydrogen-bond acceptors (Lipinski definition) is 2. The average molecular weight is 240 g/mol. The lowest BCUT2D eigenvalue weighted by atomic mass is 10.2. The third-order valence-corrected chi connectivity index (χ3v) is 3.03. The maximum Gasteiger partial charge on any atom is 0.150 e. The Morgan fingerprint density at radius 1 is 1.31 bits per heavy atom. The van der Waals surface area contributed by atoms with E-state index in [2.05, 4.69) is 0 Å². The van der Waals surface area contributed by atoms with Crippen molar-refractivity contribution in [2.45, 2.75) is 18.7 Å². The Hall–Kier alpha value is -1.17. The van der Waals surface area contributed by atoms with Crippen LogP contribution >= 0.6 is 0 Å². The van der Waals surface area contributed by atoms with Crippen LogP contribution in [0.15, 0.2) is 35.4 Å². The van der Waals surface area contributed by atoms with Gasteiger partial charge in [0, 0.05) is 24.1 Å². The van der Waals surface area contributed by atoms with E-state index in [1.165, 1.54) is 0 Å². The van der Waals surface area contributed by atoms with Gasteiger partial charge in [0.15, 0.2) is 11.0 Å². The lowest BCUT2D eigenvalue weighted by molar-refractivity contribution is 0.251. The molecule has 1 unspecified atom stereocenters. The topological polar surface area (TPSA) is 54.3 Å². The number of aryl methyl sites for hydroxylation is 1. The molecule has 2 rings (SSSR count). The van der Waals surface area contributed by atoms with Gasteiger partial charge >= 0.3 is 0 Å². The predicted molar refractivity (Wildman–Crippen MR) is 65.6 cm³/mol. The van der Waals surface area contributed by atoms with Gasteiger partial charge in [-0.2, -0.15) is 0 Å². The van der Waals surface area contributed by atoms with Crippen LogP contribution in [0.25, 0.3) is 10.9 Å². The van der Waals surface area contributed by atoms with Crippen molar-refractivity contribution in [1.29, 1.82) is 0 Å². The van der Waals surface area contributed by atoms with E-state index in [1.807, 2.05) is 49.7 Å². The first-order valence-corrected chi connectivity index (χ1v) is 6.24. The number of nitrogens with zero attached hydrogens (tertiary/aromatic N) is 1. The Kier molecular flexibility index (Phi) is 4.67. The summed E-state index contributed by atoms with van der Waals surface area (Å²) in [5.41, 5.74) is 0.992. The highest BCUT2D eigenvalue weighted by atomic mass is 32.2. The highest BCUT2D eigenvalue weighted by molar-refractivity contribution is 7.83. The third kappa shape index (κ3) is 2.32.